The van der Waals surface area contributed by atoms with Gasteiger partial charge in [-0.05, 0) is 17.7 Å². The molecule has 1 aliphatic heterocycles. The first-order chi connectivity index (χ1) is 6.25. The summed E-state index contributed by atoms with van der Waals surface area (Å²) in [5.41, 5.74) is 0.823. The number of carboxylic acid groups (broad SMARTS) is 1. The lowest BCUT2D eigenvalue weighted by Gasteiger charge is -1.99. The first kappa shape index (κ1) is 8.44. The predicted molar refractivity (Wildman–Crippen MR) is 49.1 cm³/mol. The molecular weight excluding hydrogens is 188 g/mol. The summed E-state index contributed by atoms with van der Waals surface area (Å²) in [6.07, 6.45) is 0.0772. The highest BCUT2D eigenvalue weighted by Gasteiger charge is 2.13. The van der Waals surface area contributed by atoms with Crippen molar-refractivity contribution in [2.24, 2.45) is 0 Å². The Labute approximate surface area is 79.7 Å². The molecule has 1 N–H and O–H groups in total. The summed E-state index contributed by atoms with van der Waals surface area (Å²) in [4.78, 5) is 11.5. The van der Waals surface area contributed by atoms with Crippen LogP contribution in [0, 0.1) is 0 Å². The minimum atomic E-state index is -0.802. The molecule has 0 amide bonds. The maximum Gasteiger partial charge on any atom is 0.307 e. The molecule has 0 unspecified atom stereocenters. The van der Waals surface area contributed by atoms with Gasteiger partial charge >= 0.3 is 5.97 Å². The van der Waals surface area contributed by atoms with Crippen LogP contribution < -0.4 is 4.74 Å². The molecule has 1 aromatic rings. The monoisotopic (exact) mass is 196 g/mol. The average molecular weight is 196 g/mol. The number of fused-ring (bicyclic) bond motifs is 1. The van der Waals surface area contributed by atoms with Crippen molar-refractivity contribution >= 4 is 17.7 Å². The summed E-state index contributed by atoms with van der Waals surface area (Å²) in [6.45, 7) is 0. The third kappa shape index (κ3) is 1.78. The SMILES string of the molecule is O=C(O)Cc1ccc2c(c1)SCO2. The highest BCUT2D eigenvalue weighted by molar-refractivity contribution is 7.99. The molecule has 0 spiro atoms. The molecule has 1 heterocycles. The molecule has 0 bridgehead atoms. The zero-order valence-corrected chi connectivity index (χ0v) is 7.63. The Kier molecular flexibility index (Phi) is 2.14. The summed E-state index contributed by atoms with van der Waals surface area (Å²) in [7, 11) is 0. The predicted octanol–water partition coefficient (Wildman–Crippen LogP) is 1.76. The van der Waals surface area contributed by atoms with Crippen LogP contribution in [0.1, 0.15) is 5.56 Å². The van der Waals surface area contributed by atoms with Crippen molar-refractivity contribution in [3.8, 4) is 5.75 Å². The van der Waals surface area contributed by atoms with Crippen molar-refractivity contribution in [3.05, 3.63) is 23.8 Å². The van der Waals surface area contributed by atoms with Gasteiger partial charge in [-0.2, -0.15) is 0 Å². The van der Waals surface area contributed by atoms with E-state index in [1.807, 2.05) is 12.1 Å². The lowest BCUT2D eigenvalue weighted by molar-refractivity contribution is -0.136. The maximum absolute atomic E-state index is 10.4. The fourth-order valence-electron chi connectivity index (χ4n) is 1.23. The number of rotatable bonds is 2. The van der Waals surface area contributed by atoms with Crippen molar-refractivity contribution in [2.75, 3.05) is 5.94 Å². The van der Waals surface area contributed by atoms with E-state index in [1.54, 1.807) is 17.8 Å². The molecule has 0 saturated carbocycles. The van der Waals surface area contributed by atoms with Gasteiger partial charge in [-0.25, -0.2) is 0 Å². The molecule has 0 fully saturated rings. The van der Waals surface area contributed by atoms with Crippen LogP contribution in [0.3, 0.4) is 0 Å². The van der Waals surface area contributed by atoms with Crippen LogP contribution in [0.4, 0.5) is 0 Å². The standard InChI is InChI=1S/C9H8O3S/c10-9(11)4-6-1-2-7-8(3-6)13-5-12-7/h1-3H,4-5H2,(H,10,11). The van der Waals surface area contributed by atoms with Crippen LogP contribution >= 0.6 is 11.8 Å². The third-order valence-corrected chi connectivity index (χ3v) is 2.66. The highest BCUT2D eigenvalue weighted by atomic mass is 32.2. The number of carboxylic acids is 1. The zero-order chi connectivity index (χ0) is 9.26. The Morgan fingerprint density at radius 3 is 3.23 bits per heavy atom. The summed E-state index contributed by atoms with van der Waals surface area (Å²) in [6, 6.07) is 5.49. The summed E-state index contributed by atoms with van der Waals surface area (Å²) >= 11 is 1.59. The third-order valence-electron chi connectivity index (χ3n) is 1.79. The molecule has 0 saturated heterocycles. The Balaban J connectivity index is 2.25. The number of hydrogen-bond acceptors (Lipinski definition) is 3. The van der Waals surface area contributed by atoms with Gasteiger partial charge < -0.3 is 9.84 Å². The molecule has 1 aromatic carbocycles. The van der Waals surface area contributed by atoms with E-state index < -0.39 is 5.97 Å². The molecule has 0 aliphatic carbocycles. The molecule has 2 rings (SSSR count). The molecule has 3 nitrogen and oxygen atoms in total. The summed E-state index contributed by atoms with van der Waals surface area (Å²) in [5.74, 6) is 0.689. The second-order valence-corrected chi connectivity index (χ2v) is 3.72. The van der Waals surface area contributed by atoms with Gasteiger partial charge in [0.1, 0.15) is 11.7 Å². The van der Waals surface area contributed by atoms with E-state index in [2.05, 4.69) is 0 Å². The van der Waals surface area contributed by atoms with Gasteiger partial charge in [0.15, 0.2) is 0 Å². The molecule has 13 heavy (non-hydrogen) atoms. The fourth-order valence-corrected chi connectivity index (χ4v) is 2.04. The molecular formula is C9H8O3S. The number of benzene rings is 1. The normalized spacial score (nSPS) is 13.5. The van der Waals surface area contributed by atoms with E-state index in [9.17, 15) is 4.79 Å². The van der Waals surface area contributed by atoms with E-state index in [4.69, 9.17) is 9.84 Å². The number of ether oxygens (including phenoxy) is 1. The number of hydrogen-bond donors (Lipinski definition) is 1. The van der Waals surface area contributed by atoms with Gasteiger partial charge in [0.2, 0.25) is 0 Å². The summed E-state index contributed by atoms with van der Waals surface area (Å²) in [5, 5.41) is 8.58. The number of carbonyl (C=O) groups is 1. The Morgan fingerprint density at radius 2 is 2.46 bits per heavy atom. The zero-order valence-electron chi connectivity index (χ0n) is 6.82. The highest BCUT2D eigenvalue weighted by Crippen LogP contribution is 2.36. The smallest absolute Gasteiger partial charge is 0.307 e. The van der Waals surface area contributed by atoms with Crippen LogP contribution in [0.15, 0.2) is 23.1 Å². The van der Waals surface area contributed by atoms with E-state index in [1.165, 1.54) is 0 Å². The van der Waals surface area contributed by atoms with Crippen molar-refractivity contribution in [1.82, 2.24) is 0 Å². The first-order valence-electron chi connectivity index (χ1n) is 3.86. The average Bonchev–Trinajstić information content (AvgIpc) is 2.49. The maximum atomic E-state index is 10.4. The quantitative estimate of drug-likeness (QED) is 0.782. The van der Waals surface area contributed by atoms with Gasteiger partial charge in [0.05, 0.1) is 11.3 Å². The van der Waals surface area contributed by atoms with Crippen LogP contribution in [-0.4, -0.2) is 17.0 Å². The second kappa shape index (κ2) is 3.30. The van der Waals surface area contributed by atoms with Gasteiger partial charge in [-0.3, -0.25) is 4.79 Å². The van der Waals surface area contributed by atoms with Crippen LogP contribution in [0.2, 0.25) is 0 Å². The second-order valence-electron chi connectivity index (χ2n) is 2.76. The first-order valence-corrected chi connectivity index (χ1v) is 4.84. The van der Waals surface area contributed by atoms with E-state index in [0.29, 0.717) is 5.94 Å². The molecule has 0 aromatic heterocycles. The van der Waals surface area contributed by atoms with E-state index in [0.717, 1.165) is 16.2 Å². The van der Waals surface area contributed by atoms with E-state index in [-0.39, 0.29) is 6.42 Å². The lowest BCUT2D eigenvalue weighted by atomic mass is 10.1. The molecule has 1 aliphatic rings. The Bertz CT molecular complexity index is 349. The van der Waals surface area contributed by atoms with Gasteiger partial charge in [-0.15, -0.1) is 0 Å². The van der Waals surface area contributed by atoms with E-state index >= 15 is 0 Å². The lowest BCUT2D eigenvalue weighted by Crippen LogP contribution is -1.99. The Morgan fingerprint density at radius 1 is 1.62 bits per heavy atom. The van der Waals surface area contributed by atoms with Crippen molar-refractivity contribution in [3.63, 3.8) is 0 Å². The fraction of sp³-hybridized carbons (Fsp3) is 0.222. The Hall–Kier alpha value is -1.16. The number of aliphatic carboxylic acids is 1. The number of thioether (sulfide) groups is 1. The van der Waals surface area contributed by atoms with Crippen molar-refractivity contribution in [2.45, 2.75) is 11.3 Å². The molecule has 0 radical (unpaired) electrons. The van der Waals surface area contributed by atoms with Crippen LogP contribution in [0.5, 0.6) is 5.75 Å². The largest absolute Gasteiger partial charge is 0.481 e. The van der Waals surface area contributed by atoms with Gasteiger partial charge in [0, 0.05) is 0 Å². The molecule has 4 heteroatoms. The van der Waals surface area contributed by atoms with Crippen molar-refractivity contribution in [1.29, 1.82) is 0 Å². The van der Waals surface area contributed by atoms with Crippen LogP contribution in [-0.2, 0) is 11.2 Å². The van der Waals surface area contributed by atoms with Crippen LogP contribution in [0.25, 0.3) is 0 Å². The van der Waals surface area contributed by atoms with Gasteiger partial charge in [0.25, 0.3) is 0 Å². The minimum absolute atomic E-state index is 0.0772. The summed E-state index contributed by atoms with van der Waals surface area (Å²) < 4.78 is 5.27. The minimum Gasteiger partial charge on any atom is -0.481 e. The topological polar surface area (TPSA) is 46.5 Å². The van der Waals surface area contributed by atoms with Gasteiger partial charge in [-0.1, -0.05) is 17.8 Å². The van der Waals surface area contributed by atoms with Crippen molar-refractivity contribution < 1.29 is 14.6 Å². The molecule has 68 valence electrons. The molecule has 0 atom stereocenters.